The molecule has 1 aliphatic heterocycles. The van der Waals surface area contributed by atoms with Crippen molar-refractivity contribution in [2.45, 2.75) is 38.8 Å². The first-order chi connectivity index (χ1) is 13.6. The lowest BCUT2D eigenvalue weighted by Gasteiger charge is -2.37. The average molecular weight is 378 g/mol. The van der Waals surface area contributed by atoms with E-state index in [4.69, 9.17) is 0 Å². The van der Waals surface area contributed by atoms with Crippen LogP contribution >= 0.6 is 0 Å². The van der Waals surface area contributed by atoms with Gasteiger partial charge in [-0.3, -0.25) is 4.79 Å². The van der Waals surface area contributed by atoms with Gasteiger partial charge in [0.15, 0.2) is 0 Å². The Morgan fingerprint density at radius 1 is 1.18 bits per heavy atom. The fourth-order valence-electron chi connectivity index (χ4n) is 3.79. The van der Waals surface area contributed by atoms with Crippen LogP contribution in [0.2, 0.25) is 0 Å². The van der Waals surface area contributed by atoms with Gasteiger partial charge in [-0.25, -0.2) is 9.67 Å². The van der Waals surface area contributed by atoms with Gasteiger partial charge in [-0.2, -0.15) is 5.10 Å². The molecule has 0 saturated carbocycles. The van der Waals surface area contributed by atoms with E-state index in [9.17, 15) is 4.79 Å². The van der Waals surface area contributed by atoms with E-state index < -0.39 is 0 Å². The Labute approximate surface area is 164 Å². The fraction of sp³-hybridized carbons (Fsp3) is 0.381. The van der Waals surface area contributed by atoms with Crippen LogP contribution in [0.5, 0.6) is 0 Å². The number of nitrogens with one attached hydrogen (secondary N) is 2. The van der Waals surface area contributed by atoms with E-state index in [0.717, 1.165) is 37.2 Å². The predicted octanol–water partition coefficient (Wildman–Crippen LogP) is 2.87. The quantitative estimate of drug-likeness (QED) is 0.716. The highest BCUT2D eigenvalue weighted by Gasteiger charge is 2.29. The molecule has 1 aromatic carbocycles. The maximum absolute atomic E-state index is 13.2. The molecule has 0 radical (unpaired) electrons. The third-order valence-electron chi connectivity index (χ3n) is 5.18. The molecule has 28 heavy (non-hydrogen) atoms. The molecule has 0 atom stereocenters. The number of para-hydroxylation sites is 1. The molecule has 4 rings (SSSR count). The number of carbonyl (C=O) groups excluding carboxylic acids is 1. The number of benzene rings is 1. The van der Waals surface area contributed by atoms with Crippen molar-refractivity contribution >= 4 is 5.91 Å². The minimum Gasteiger partial charge on any atom is -0.334 e. The summed E-state index contributed by atoms with van der Waals surface area (Å²) >= 11 is 0. The summed E-state index contributed by atoms with van der Waals surface area (Å²) in [6.45, 7) is 6.05. The van der Waals surface area contributed by atoms with E-state index in [1.165, 1.54) is 0 Å². The van der Waals surface area contributed by atoms with Gasteiger partial charge in [-0.15, -0.1) is 0 Å². The summed E-state index contributed by atoms with van der Waals surface area (Å²) in [5.41, 5.74) is 2.35. The number of piperidine rings is 1. The van der Waals surface area contributed by atoms with Crippen LogP contribution < -0.4 is 5.32 Å². The summed E-state index contributed by atoms with van der Waals surface area (Å²) in [7, 11) is 0. The molecule has 0 aliphatic carbocycles. The molecule has 146 valence electrons. The summed E-state index contributed by atoms with van der Waals surface area (Å²) < 4.78 is 1.80. The van der Waals surface area contributed by atoms with Gasteiger partial charge in [-0.05, 0) is 51.9 Å². The SMILES string of the molecule is CC(C)N(C(=O)c1cnc(-c2cnn(-c3ccccc3)c2)[nH]1)C1CCNCC1. The molecule has 7 heteroatoms. The zero-order valence-electron chi connectivity index (χ0n) is 16.3. The number of carbonyl (C=O) groups is 1. The molecule has 1 aliphatic rings. The Kier molecular flexibility index (Phi) is 5.25. The first-order valence-electron chi connectivity index (χ1n) is 9.82. The standard InChI is InChI=1S/C21H26N6O/c1-15(2)27(18-8-10-22-11-9-18)21(28)19-13-23-20(25-19)16-12-24-26(14-16)17-6-4-3-5-7-17/h3-7,12-15,18,22H,8-11H2,1-2H3,(H,23,25). The lowest BCUT2D eigenvalue weighted by Crippen LogP contribution is -2.49. The summed E-state index contributed by atoms with van der Waals surface area (Å²) in [6, 6.07) is 10.3. The normalized spacial score (nSPS) is 15.1. The molecule has 2 N–H and O–H groups in total. The highest BCUT2D eigenvalue weighted by molar-refractivity contribution is 5.93. The van der Waals surface area contributed by atoms with Crippen molar-refractivity contribution in [3.05, 3.63) is 54.6 Å². The summed E-state index contributed by atoms with van der Waals surface area (Å²) in [4.78, 5) is 22.8. The molecule has 0 bridgehead atoms. The molecule has 0 spiro atoms. The van der Waals surface area contributed by atoms with Crippen LogP contribution in [-0.2, 0) is 0 Å². The number of hydrogen-bond acceptors (Lipinski definition) is 4. The van der Waals surface area contributed by atoms with Crippen molar-refractivity contribution in [2.24, 2.45) is 0 Å². The summed E-state index contributed by atoms with van der Waals surface area (Å²) in [6.07, 6.45) is 7.26. The molecule has 1 amide bonds. The number of aromatic amines is 1. The molecule has 3 heterocycles. The molecule has 3 aromatic rings. The molecular formula is C21H26N6O. The van der Waals surface area contributed by atoms with Crippen LogP contribution in [0.15, 0.2) is 48.9 Å². The van der Waals surface area contributed by atoms with Gasteiger partial charge >= 0.3 is 0 Å². The van der Waals surface area contributed by atoms with Crippen molar-refractivity contribution < 1.29 is 4.79 Å². The zero-order valence-corrected chi connectivity index (χ0v) is 16.3. The molecule has 7 nitrogen and oxygen atoms in total. The van der Waals surface area contributed by atoms with Gasteiger partial charge in [0.25, 0.3) is 5.91 Å². The van der Waals surface area contributed by atoms with E-state index in [2.05, 4.69) is 34.2 Å². The van der Waals surface area contributed by atoms with Crippen LogP contribution in [0.25, 0.3) is 17.1 Å². The third kappa shape index (κ3) is 3.71. The fourth-order valence-corrected chi connectivity index (χ4v) is 3.79. The number of amides is 1. The van der Waals surface area contributed by atoms with Crippen molar-refractivity contribution in [1.82, 2.24) is 30.0 Å². The lowest BCUT2D eigenvalue weighted by molar-refractivity contribution is 0.0560. The van der Waals surface area contributed by atoms with Crippen molar-refractivity contribution in [2.75, 3.05) is 13.1 Å². The van der Waals surface area contributed by atoms with Crippen molar-refractivity contribution in [3.63, 3.8) is 0 Å². The second-order valence-corrected chi connectivity index (χ2v) is 7.44. The smallest absolute Gasteiger partial charge is 0.272 e. The van der Waals surface area contributed by atoms with Crippen LogP contribution in [0.3, 0.4) is 0 Å². The summed E-state index contributed by atoms with van der Waals surface area (Å²) in [5, 5.41) is 7.77. The maximum atomic E-state index is 13.2. The van der Waals surface area contributed by atoms with Gasteiger partial charge in [-0.1, -0.05) is 18.2 Å². The van der Waals surface area contributed by atoms with Gasteiger partial charge in [0.05, 0.1) is 23.6 Å². The number of aromatic nitrogens is 4. The number of hydrogen-bond donors (Lipinski definition) is 2. The second-order valence-electron chi connectivity index (χ2n) is 7.44. The number of imidazole rings is 1. The van der Waals surface area contributed by atoms with Crippen LogP contribution in [0.4, 0.5) is 0 Å². The predicted molar refractivity (Wildman–Crippen MR) is 108 cm³/mol. The van der Waals surface area contributed by atoms with Gasteiger partial charge in [0, 0.05) is 18.3 Å². The van der Waals surface area contributed by atoms with E-state index in [-0.39, 0.29) is 18.0 Å². The monoisotopic (exact) mass is 378 g/mol. The number of H-pyrrole nitrogens is 1. The Hall–Kier alpha value is -2.93. The van der Waals surface area contributed by atoms with E-state index >= 15 is 0 Å². The number of nitrogens with zero attached hydrogens (tertiary/aromatic N) is 4. The van der Waals surface area contributed by atoms with E-state index in [1.807, 2.05) is 41.4 Å². The van der Waals surface area contributed by atoms with Crippen LogP contribution in [0, 0.1) is 0 Å². The molecule has 1 fully saturated rings. The van der Waals surface area contributed by atoms with Gasteiger partial charge in [0.2, 0.25) is 0 Å². The molecular weight excluding hydrogens is 352 g/mol. The van der Waals surface area contributed by atoms with Crippen LogP contribution in [-0.4, -0.2) is 55.7 Å². The van der Waals surface area contributed by atoms with Crippen molar-refractivity contribution in [3.8, 4) is 17.1 Å². The van der Waals surface area contributed by atoms with E-state index in [0.29, 0.717) is 11.5 Å². The number of rotatable bonds is 5. The molecule has 1 saturated heterocycles. The third-order valence-corrected chi connectivity index (χ3v) is 5.18. The van der Waals surface area contributed by atoms with Crippen molar-refractivity contribution in [1.29, 1.82) is 0 Å². The highest BCUT2D eigenvalue weighted by atomic mass is 16.2. The average Bonchev–Trinajstić information content (AvgIpc) is 3.39. The Morgan fingerprint density at radius 2 is 1.93 bits per heavy atom. The lowest BCUT2D eigenvalue weighted by atomic mass is 10.0. The minimum atomic E-state index is 0.0103. The Morgan fingerprint density at radius 3 is 2.64 bits per heavy atom. The second kappa shape index (κ2) is 7.98. The maximum Gasteiger partial charge on any atom is 0.272 e. The molecule has 2 aromatic heterocycles. The van der Waals surface area contributed by atoms with E-state index in [1.54, 1.807) is 17.1 Å². The minimum absolute atomic E-state index is 0.0103. The zero-order chi connectivity index (χ0) is 19.5. The first kappa shape index (κ1) is 18.4. The Balaban J connectivity index is 1.55. The van der Waals surface area contributed by atoms with Gasteiger partial charge < -0.3 is 15.2 Å². The van der Waals surface area contributed by atoms with Gasteiger partial charge in [0.1, 0.15) is 11.5 Å². The highest BCUT2D eigenvalue weighted by Crippen LogP contribution is 2.21. The molecule has 0 unspecified atom stereocenters. The summed E-state index contributed by atoms with van der Waals surface area (Å²) in [5.74, 6) is 0.663. The Bertz CT molecular complexity index is 923. The largest absolute Gasteiger partial charge is 0.334 e. The van der Waals surface area contributed by atoms with Crippen LogP contribution in [0.1, 0.15) is 37.2 Å². The topological polar surface area (TPSA) is 78.8 Å². The first-order valence-corrected chi connectivity index (χ1v) is 9.82.